The van der Waals surface area contributed by atoms with Gasteiger partial charge in [0.2, 0.25) is 0 Å². The van der Waals surface area contributed by atoms with Gasteiger partial charge in [0.25, 0.3) is 0 Å². The number of aliphatic hydroxyl groups is 1. The standard InChI is InChI=1S/C16H26O/c1-11(2)8-15(6-7-17)16-13(4)9-12(3)10-14(16)5/h9-11,15,17H,6-8H2,1-5H3. The molecule has 17 heavy (non-hydrogen) atoms. The summed E-state index contributed by atoms with van der Waals surface area (Å²) < 4.78 is 0. The summed E-state index contributed by atoms with van der Waals surface area (Å²) in [6.45, 7) is 11.3. The molecule has 0 amide bonds. The van der Waals surface area contributed by atoms with Gasteiger partial charge in [-0.2, -0.15) is 0 Å². The van der Waals surface area contributed by atoms with Crippen molar-refractivity contribution in [1.82, 2.24) is 0 Å². The molecule has 1 nitrogen and oxygen atoms in total. The van der Waals surface area contributed by atoms with Crippen molar-refractivity contribution in [3.8, 4) is 0 Å². The maximum absolute atomic E-state index is 9.25. The fourth-order valence-corrected chi connectivity index (χ4v) is 2.94. The molecule has 0 radical (unpaired) electrons. The lowest BCUT2D eigenvalue weighted by Crippen LogP contribution is -2.09. The Labute approximate surface area is 106 Å². The minimum atomic E-state index is 0.282. The molecule has 0 spiro atoms. The molecule has 1 rings (SSSR count). The van der Waals surface area contributed by atoms with Gasteiger partial charge < -0.3 is 5.11 Å². The molecular formula is C16H26O. The summed E-state index contributed by atoms with van der Waals surface area (Å²) in [5.74, 6) is 1.17. The van der Waals surface area contributed by atoms with Crippen LogP contribution in [-0.2, 0) is 0 Å². The highest BCUT2D eigenvalue weighted by Gasteiger charge is 2.17. The number of aliphatic hydroxyl groups excluding tert-OH is 1. The van der Waals surface area contributed by atoms with Crippen LogP contribution in [0.4, 0.5) is 0 Å². The van der Waals surface area contributed by atoms with Gasteiger partial charge in [-0.1, -0.05) is 31.5 Å². The van der Waals surface area contributed by atoms with E-state index in [2.05, 4.69) is 46.8 Å². The monoisotopic (exact) mass is 234 g/mol. The molecule has 1 N–H and O–H groups in total. The van der Waals surface area contributed by atoms with E-state index in [1.54, 1.807) is 0 Å². The lowest BCUT2D eigenvalue weighted by molar-refractivity contribution is 0.267. The quantitative estimate of drug-likeness (QED) is 0.812. The number of hydrogen-bond acceptors (Lipinski definition) is 1. The lowest BCUT2D eigenvalue weighted by atomic mass is 9.82. The van der Waals surface area contributed by atoms with Gasteiger partial charge in [-0.3, -0.25) is 0 Å². The Morgan fingerprint density at radius 2 is 1.59 bits per heavy atom. The summed E-state index contributed by atoms with van der Waals surface area (Å²) in [6, 6.07) is 4.51. The van der Waals surface area contributed by atoms with Gasteiger partial charge in [0.1, 0.15) is 0 Å². The van der Waals surface area contributed by atoms with Crippen molar-refractivity contribution in [3.63, 3.8) is 0 Å². The number of hydrogen-bond donors (Lipinski definition) is 1. The third-order valence-corrected chi connectivity index (χ3v) is 3.38. The number of rotatable bonds is 5. The predicted octanol–water partition coefficient (Wildman–Crippen LogP) is 4.12. The molecule has 1 unspecified atom stereocenters. The Kier molecular flexibility index (Phi) is 5.20. The van der Waals surface area contributed by atoms with E-state index < -0.39 is 0 Å². The maximum Gasteiger partial charge on any atom is 0.0436 e. The van der Waals surface area contributed by atoms with Gasteiger partial charge in [-0.05, 0) is 62.1 Å². The Hall–Kier alpha value is -0.820. The van der Waals surface area contributed by atoms with E-state index in [9.17, 15) is 5.11 Å². The fraction of sp³-hybridized carbons (Fsp3) is 0.625. The normalized spacial score (nSPS) is 13.1. The molecule has 1 aromatic rings. The molecule has 96 valence electrons. The first kappa shape index (κ1) is 14.2. The molecule has 0 aromatic heterocycles. The molecule has 1 heteroatoms. The molecule has 1 aromatic carbocycles. The molecule has 0 aliphatic carbocycles. The Morgan fingerprint density at radius 3 is 2.00 bits per heavy atom. The van der Waals surface area contributed by atoms with Crippen LogP contribution in [-0.4, -0.2) is 11.7 Å². The fourth-order valence-electron chi connectivity index (χ4n) is 2.94. The van der Waals surface area contributed by atoms with Crippen LogP contribution in [0.25, 0.3) is 0 Å². The van der Waals surface area contributed by atoms with Crippen LogP contribution in [0.1, 0.15) is 54.9 Å². The number of benzene rings is 1. The molecule has 1 atom stereocenters. The maximum atomic E-state index is 9.25. The van der Waals surface area contributed by atoms with E-state index >= 15 is 0 Å². The zero-order chi connectivity index (χ0) is 13.0. The summed E-state index contributed by atoms with van der Waals surface area (Å²) in [6.07, 6.45) is 2.04. The van der Waals surface area contributed by atoms with E-state index in [0.29, 0.717) is 11.8 Å². The SMILES string of the molecule is Cc1cc(C)c(C(CCO)CC(C)C)c(C)c1. The van der Waals surface area contributed by atoms with E-state index in [1.165, 1.54) is 22.3 Å². The van der Waals surface area contributed by atoms with Crippen LogP contribution in [0, 0.1) is 26.7 Å². The molecule has 0 fully saturated rings. The van der Waals surface area contributed by atoms with Crippen LogP contribution in [0.2, 0.25) is 0 Å². The van der Waals surface area contributed by atoms with Gasteiger partial charge >= 0.3 is 0 Å². The number of aryl methyl sites for hydroxylation is 3. The summed E-state index contributed by atoms with van der Waals surface area (Å²) in [5.41, 5.74) is 5.54. The van der Waals surface area contributed by atoms with Crippen molar-refractivity contribution in [2.45, 2.75) is 53.4 Å². The largest absolute Gasteiger partial charge is 0.396 e. The molecule has 0 aliphatic rings. The minimum Gasteiger partial charge on any atom is -0.396 e. The van der Waals surface area contributed by atoms with E-state index in [-0.39, 0.29) is 6.61 Å². The third-order valence-electron chi connectivity index (χ3n) is 3.38. The van der Waals surface area contributed by atoms with E-state index in [0.717, 1.165) is 12.8 Å². The second-order valence-electron chi connectivity index (χ2n) is 5.65. The summed E-state index contributed by atoms with van der Waals surface area (Å²) >= 11 is 0. The second-order valence-corrected chi connectivity index (χ2v) is 5.65. The van der Waals surface area contributed by atoms with Crippen molar-refractivity contribution in [2.75, 3.05) is 6.61 Å². The highest BCUT2D eigenvalue weighted by Crippen LogP contribution is 2.32. The summed E-state index contributed by atoms with van der Waals surface area (Å²) in [4.78, 5) is 0. The lowest BCUT2D eigenvalue weighted by Gasteiger charge is -2.23. The van der Waals surface area contributed by atoms with Crippen LogP contribution in [0.15, 0.2) is 12.1 Å². The van der Waals surface area contributed by atoms with Crippen LogP contribution in [0.3, 0.4) is 0 Å². The average Bonchev–Trinajstić information content (AvgIpc) is 2.14. The first-order chi connectivity index (χ1) is 7.95. The van der Waals surface area contributed by atoms with Crippen molar-refractivity contribution in [2.24, 2.45) is 5.92 Å². The van der Waals surface area contributed by atoms with Crippen LogP contribution >= 0.6 is 0 Å². The van der Waals surface area contributed by atoms with Gasteiger partial charge in [0, 0.05) is 6.61 Å². The first-order valence-corrected chi connectivity index (χ1v) is 6.64. The smallest absolute Gasteiger partial charge is 0.0436 e. The van der Waals surface area contributed by atoms with Gasteiger partial charge in [-0.25, -0.2) is 0 Å². The minimum absolute atomic E-state index is 0.282. The molecular weight excluding hydrogens is 208 g/mol. The molecule has 0 heterocycles. The van der Waals surface area contributed by atoms with Crippen molar-refractivity contribution in [1.29, 1.82) is 0 Å². The highest BCUT2D eigenvalue weighted by molar-refractivity contribution is 5.40. The van der Waals surface area contributed by atoms with Crippen molar-refractivity contribution >= 4 is 0 Å². The Morgan fingerprint density at radius 1 is 1.06 bits per heavy atom. The average molecular weight is 234 g/mol. The Bertz CT molecular complexity index is 343. The van der Waals surface area contributed by atoms with Gasteiger partial charge in [0.15, 0.2) is 0 Å². The van der Waals surface area contributed by atoms with E-state index in [4.69, 9.17) is 0 Å². The predicted molar refractivity (Wildman–Crippen MR) is 74.6 cm³/mol. The Balaban J connectivity index is 3.08. The zero-order valence-electron chi connectivity index (χ0n) is 11.9. The van der Waals surface area contributed by atoms with Crippen molar-refractivity contribution in [3.05, 3.63) is 34.4 Å². The first-order valence-electron chi connectivity index (χ1n) is 6.64. The molecule has 0 aliphatic heterocycles. The van der Waals surface area contributed by atoms with Crippen molar-refractivity contribution < 1.29 is 5.11 Å². The molecule has 0 saturated heterocycles. The topological polar surface area (TPSA) is 20.2 Å². The molecule has 0 saturated carbocycles. The van der Waals surface area contributed by atoms with E-state index in [1.807, 2.05) is 0 Å². The van der Waals surface area contributed by atoms with Gasteiger partial charge in [-0.15, -0.1) is 0 Å². The molecule has 0 bridgehead atoms. The van der Waals surface area contributed by atoms with Gasteiger partial charge in [0.05, 0.1) is 0 Å². The summed E-state index contributed by atoms with van der Waals surface area (Å²) in [7, 11) is 0. The highest BCUT2D eigenvalue weighted by atomic mass is 16.3. The zero-order valence-corrected chi connectivity index (χ0v) is 11.9. The summed E-state index contributed by atoms with van der Waals surface area (Å²) in [5, 5.41) is 9.25. The second kappa shape index (κ2) is 6.20. The van der Waals surface area contributed by atoms with Crippen LogP contribution < -0.4 is 0 Å². The van der Waals surface area contributed by atoms with Crippen LogP contribution in [0.5, 0.6) is 0 Å². The third kappa shape index (κ3) is 3.85.